The number of aromatic nitrogens is 2. The van der Waals surface area contributed by atoms with E-state index in [1.54, 1.807) is 0 Å². The van der Waals surface area contributed by atoms with Crippen LogP contribution in [0.2, 0.25) is 36.3 Å². The molecule has 5 aromatic rings. The predicted octanol–water partition coefficient (Wildman–Crippen LogP) is 11.9. The maximum atomic E-state index is 15.0. The fraction of sp³-hybridized carbons (Fsp3) is 0.388. The Labute approximate surface area is 346 Å². The number of para-hydroxylation sites is 2. The number of imide groups is 1. The second-order valence-electron chi connectivity index (χ2n) is 19.6. The lowest BCUT2D eigenvalue weighted by atomic mass is 9.95. The Balaban J connectivity index is 1.23. The monoisotopic (exact) mass is 809 g/mol. The molecule has 302 valence electrons. The first-order valence-corrected chi connectivity index (χ1v) is 26.7. The summed E-state index contributed by atoms with van der Waals surface area (Å²) >= 11 is 0. The minimum atomic E-state index is -1.99. The molecule has 58 heavy (non-hydrogen) atoms. The van der Waals surface area contributed by atoms with Crippen molar-refractivity contribution in [3.63, 3.8) is 0 Å². The summed E-state index contributed by atoms with van der Waals surface area (Å²) < 4.78 is 18.3. The molecule has 2 aromatic heterocycles. The maximum Gasteiger partial charge on any atom is 0.262 e. The van der Waals surface area contributed by atoms with E-state index in [-0.39, 0.29) is 52.7 Å². The molecule has 7 nitrogen and oxygen atoms in total. The topological polar surface area (TPSA) is 65.7 Å². The minimum absolute atomic E-state index is 0.0176. The van der Waals surface area contributed by atoms with Crippen LogP contribution < -0.4 is 0 Å². The summed E-state index contributed by atoms with van der Waals surface area (Å²) in [6, 6.07) is 26.4. The van der Waals surface area contributed by atoms with E-state index in [1.165, 1.54) is 4.90 Å². The Morgan fingerprint density at radius 1 is 0.569 bits per heavy atom. The molecule has 0 saturated carbocycles. The molecule has 0 saturated heterocycles. The van der Waals surface area contributed by atoms with Crippen molar-refractivity contribution in [3.8, 4) is 0 Å². The fourth-order valence-corrected chi connectivity index (χ4v) is 10.9. The Morgan fingerprint density at radius 2 is 0.966 bits per heavy atom. The normalized spacial score (nSPS) is 21.9. The number of hydrogen-bond acceptors (Lipinski definition) is 4. The Morgan fingerprint density at radius 3 is 1.38 bits per heavy atom. The van der Waals surface area contributed by atoms with E-state index in [9.17, 15) is 0 Å². The first-order chi connectivity index (χ1) is 27.3. The van der Waals surface area contributed by atoms with Crippen molar-refractivity contribution >= 4 is 61.4 Å². The summed E-state index contributed by atoms with van der Waals surface area (Å²) in [6.45, 7) is 23.0. The molecule has 0 spiro atoms. The molecular formula is C49H59N3O4Si2. The molecule has 0 bridgehead atoms. The molecule has 8 rings (SSSR count). The molecule has 2 aliphatic carbocycles. The maximum absolute atomic E-state index is 15.0. The van der Waals surface area contributed by atoms with Gasteiger partial charge in [-0.3, -0.25) is 14.5 Å². The lowest BCUT2D eigenvalue weighted by Crippen LogP contribution is -2.43. The van der Waals surface area contributed by atoms with Crippen molar-refractivity contribution in [3.05, 3.63) is 132 Å². The first kappa shape index (κ1) is 40.2. The third-order valence-corrected chi connectivity index (χ3v) is 22.6. The van der Waals surface area contributed by atoms with E-state index < -0.39 is 16.6 Å². The van der Waals surface area contributed by atoms with Crippen LogP contribution in [-0.2, 0) is 25.0 Å². The zero-order valence-electron chi connectivity index (χ0n) is 35.9. The number of nitrogens with zero attached hydrogens (tertiary/aromatic N) is 3. The van der Waals surface area contributed by atoms with Gasteiger partial charge in [0.2, 0.25) is 0 Å². The van der Waals surface area contributed by atoms with Gasteiger partial charge in [-0.15, -0.1) is 0 Å². The molecular weight excluding hydrogens is 751 g/mol. The number of benzene rings is 3. The standard InChI is InChI=1S/C49H59N3O4Si2/c1-48(2,3)57(7,8)55-36-26-24-34(28-36)50-31-40(38-20-14-16-22-42(38)50)44-45(47(54)52(46(44)53)30-33-18-12-11-13-19-33)41-32-51(43-23-17-15-21-39(41)43)35-25-27-37(29-35)56-58(9,10)49(4,5)6/h11-27,31-32,34-37H,28-30H2,1-10H3/t34-,35+,36+,37-. The Hall–Kier alpha value is -4.55. The summed E-state index contributed by atoms with van der Waals surface area (Å²) in [5.74, 6) is -0.540. The summed E-state index contributed by atoms with van der Waals surface area (Å²) in [6.07, 6.45) is 14.8. The molecule has 3 aliphatic rings. The summed E-state index contributed by atoms with van der Waals surface area (Å²) in [5.41, 5.74) is 5.43. The summed E-state index contributed by atoms with van der Waals surface area (Å²) in [4.78, 5) is 31.5. The van der Waals surface area contributed by atoms with Crippen LogP contribution in [0.3, 0.4) is 0 Å². The molecule has 1 aliphatic heterocycles. The number of carbonyl (C=O) groups excluding carboxylic acids is 2. The highest BCUT2D eigenvalue weighted by Crippen LogP contribution is 2.46. The van der Waals surface area contributed by atoms with Crippen molar-refractivity contribution in [2.75, 3.05) is 0 Å². The van der Waals surface area contributed by atoms with Crippen LogP contribution in [0.15, 0.2) is 116 Å². The molecule has 3 aromatic carbocycles. The number of rotatable bonds is 10. The van der Waals surface area contributed by atoms with Gasteiger partial charge in [0.25, 0.3) is 11.8 Å². The molecule has 0 fully saturated rings. The van der Waals surface area contributed by atoms with Gasteiger partial charge in [0, 0.05) is 58.2 Å². The van der Waals surface area contributed by atoms with Gasteiger partial charge in [-0.1, -0.05) is 133 Å². The third kappa shape index (κ3) is 7.14. The number of carbonyl (C=O) groups is 2. The number of allylic oxidation sites excluding steroid dienone is 2. The Kier molecular flexibility index (Phi) is 10.1. The average Bonchev–Trinajstić information content (AvgIpc) is 3.99. The van der Waals surface area contributed by atoms with Crippen LogP contribution in [0.4, 0.5) is 0 Å². The van der Waals surface area contributed by atoms with Gasteiger partial charge >= 0.3 is 0 Å². The van der Waals surface area contributed by atoms with Gasteiger partial charge in [-0.2, -0.15) is 0 Å². The smallest absolute Gasteiger partial charge is 0.262 e. The second kappa shape index (κ2) is 14.6. The Bertz CT molecular complexity index is 2340. The van der Waals surface area contributed by atoms with E-state index in [2.05, 4.69) is 138 Å². The van der Waals surface area contributed by atoms with Crippen molar-refractivity contribution in [1.29, 1.82) is 0 Å². The van der Waals surface area contributed by atoms with Gasteiger partial charge < -0.3 is 18.0 Å². The first-order valence-electron chi connectivity index (χ1n) is 20.9. The second-order valence-corrected chi connectivity index (χ2v) is 29.1. The number of amides is 2. The third-order valence-electron chi connectivity index (χ3n) is 13.6. The van der Waals surface area contributed by atoms with Crippen LogP contribution in [0.1, 0.15) is 83.2 Å². The van der Waals surface area contributed by atoms with Gasteiger partial charge in [-0.05, 0) is 54.0 Å². The molecule has 9 heteroatoms. The van der Waals surface area contributed by atoms with Crippen LogP contribution in [-0.4, -0.2) is 54.7 Å². The van der Waals surface area contributed by atoms with Crippen molar-refractivity contribution in [2.45, 2.75) is 121 Å². The fourth-order valence-electron chi connectivity index (χ4n) is 8.33. The summed E-state index contributed by atoms with van der Waals surface area (Å²) in [7, 11) is -3.99. The highest BCUT2D eigenvalue weighted by molar-refractivity contribution is 6.74. The van der Waals surface area contributed by atoms with Crippen molar-refractivity contribution in [1.82, 2.24) is 14.0 Å². The highest BCUT2D eigenvalue weighted by Gasteiger charge is 2.44. The van der Waals surface area contributed by atoms with Gasteiger partial charge in [0.1, 0.15) is 0 Å². The minimum Gasteiger partial charge on any atom is -0.410 e. The van der Waals surface area contributed by atoms with Gasteiger partial charge in [0.15, 0.2) is 16.6 Å². The van der Waals surface area contributed by atoms with Gasteiger partial charge in [0.05, 0.1) is 42.0 Å². The van der Waals surface area contributed by atoms with Crippen molar-refractivity contribution in [2.24, 2.45) is 0 Å². The lowest BCUT2D eigenvalue weighted by Gasteiger charge is -2.38. The van der Waals surface area contributed by atoms with E-state index in [0.29, 0.717) is 11.1 Å². The van der Waals surface area contributed by atoms with E-state index in [1.807, 2.05) is 54.6 Å². The van der Waals surface area contributed by atoms with Gasteiger partial charge in [-0.25, -0.2) is 0 Å². The van der Waals surface area contributed by atoms with E-state index >= 15 is 9.59 Å². The zero-order valence-corrected chi connectivity index (χ0v) is 37.9. The quantitative estimate of drug-likeness (QED) is 0.0801. The molecule has 4 atom stereocenters. The molecule has 0 unspecified atom stereocenters. The van der Waals surface area contributed by atoms with Crippen LogP contribution in [0, 0.1) is 0 Å². The number of hydrogen-bond donors (Lipinski definition) is 0. The average molecular weight is 810 g/mol. The molecule has 0 N–H and O–H groups in total. The SMILES string of the molecule is CC(C)(C)[Si](C)(C)O[C@@H]1C=C[C@H](n2cc(C3=C(c4cn([C@@H]5C=C[C@H](O[Si](C)(C)C(C)(C)C)C5)c5ccccc45)C(=O)N(Cc4ccccc4)C3=O)c3ccccc32)C1. The van der Waals surface area contributed by atoms with Crippen LogP contribution >= 0.6 is 0 Å². The molecule has 2 amide bonds. The van der Waals surface area contributed by atoms with E-state index in [0.717, 1.165) is 51.3 Å². The molecule has 0 radical (unpaired) electrons. The molecule has 3 heterocycles. The largest absolute Gasteiger partial charge is 0.410 e. The van der Waals surface area contributed by atoms with E-state index in [4.69, 9.17) is 8.85 Å². The summed E-state index contributed by atoms with van der Waals surface area (Å²) in [5, 5.41) is 2.11. The lowest BCUT2D eigenvalue weighted by molar-refractivity contribution is -0.136. The number of fused-ring (bicyclic) bond motifs is 2. The van der Waals surface area contributed by atoms with Crippen LogP contribution in [0.25, 0.3) is 33.0 Å². The zero-order chi connectivity index (χ0) is 41.4. The highest BCUT2D eigenvalue weighted by atomic mass is 28.4. The van der Waals surface area contributed by atoms with Crippen LogP contribution in [0.5, 0.6) is 0 Å². The predicted molar refractivity (Wildman–Crippen MR) is 242 cm³/mol. The van der Waals surface area contributed by atoms with Crippen molar-refractivity contribution < 1.29 is 18.4 Å².